The number of nitrogens with one attached hydrogen (secondary N) is 1. The summed E-state index contributed by atoms with van der Waals surface area (Å²) >= 11 is 3.09. The van der Waals surface area contributed by atoms with E-state index >= 15 is 0 Å². The number of rotatable bonds is 7. The van der Waals surface area contributed by atoms with E-state index in [1.807, 2.05) is 26.0 Å². The third-order valence-electron chi connectivity index (χ3n) is 4.16. The van der Waals surface area contributed by atoms with Crippen LogP contribution in [0.4, 0.5) is 5.82 Å². The lowest BCUT2D eigenvalue weighted by atomic mass is 10.1. The van der Waals surface area contributed by atoms with E-state index in [4.69, 9.17) is 19.9 Å². The number of aromatic nitrogens is 3. The molecule has 0 spiro atoms. The molecule has 2 heterocycles. The van der Waals surface area contributed by atoms with E-state index in [9.17, 15) is 4.79 Å². The summed E-state index contributed by atoms with van der Waals surface area (Å²) < 4.78 is 16.7. The number of ether oxygens (including phenoxy) is 3. The molecule has 0 aliphatic rings. The molecular weight excluding hydrogens is 416 g/mol. The number of nitrogen functional groups attached to an aromatic ring is 1. The molecule has 0 aliphatic heterocycles. The van der Waals surface area contributed by atoms with Gasteiger partial charge in [0.15, 0.2) is 11.5 Å². The van der Waals surface area contributed by atoms with Gasteiger partial charge in [-0.05, 0) is 19.9 Å². The Morgan fingerprint density at radius 2 is 2.07 bits per heavy atom. The first-order valence-corrected chi connectivity index (χ1v) is 9.47. The van der Waals surface area contributed by atoms with Crippen molar-refractivity contribution in [2.24, 2.45) is 0 Å². The average molecular weight is 437 g/mol. The van der Waals surface area contributed by atoms with Gasteiger partial charge in [-0.15, -0.1) is 0 Å². The standard InChI is InChI=1S/C18H21BrN4O4/c1-18(2,27-14(24)8-19)4-5-26-13-7-11-10(6-12(13)25-3)15-16(20)21-9-22-17(15)23-11/h6-7,9H,4-5,8H2,1-3H3,(H3,20,21,22,23). The third-order valence-corrected chi connectivity index (χ3v) is 4.62. The maximum Gasteiger partial charge on any atom is 0.317 e. The van der Waals surface area contributed by atoms with Crippen LogP contribution in [0.3, 0.4) is 0 Å². The predicted molar refractivity (Wildman–Crippen MR) is 106 cm³/mol. The van der Waals surface area contributed by atoms with Crippen molar-refractivity contribution in [3.05, 3.63) is 18.5 Å². The van der Waals surface area contributed by atoms with Crippen molar-refractivity contribution in [3.63, 3.8) is 0 Å². The minimum Gasteiger partial charge on any atom is -0.493 e. The highest BCUT2D eigenvalue weighted by molar-refractivity contribution is 9.09. The Morgan fingerprint density at radius 3 is 2.78 bits per heavy atom. The number of nitrogens with two attached hydrogens (primary N) is 1. The summed E-state index contributed by atoms with van der Waals surface area (Å²) in [7, 11) is 1.57. The Balaban J connectivity index is 1.83. The molecule has 0 bridgehead atoms. The van der Waals surface area contributed by atoms with Crippen LogP contribution in [-0.4, -0.2) is 45.6 Å². The summed E-state index contributed by atoms with van der Waals surface area (Å²) in [6, 6.07) is 3.69. The van der Waals surface area contributed by atoms with Crippen molar-refractivity contribution in [3.8, 4) is 11.5 Å². The maximum atomic E-state index is 11.5. The number of benzene rings is 1. The molecular formula is C18H21BrN4O4. The molecule has 8 nitrogen and oxygen atoms in total. The van der Waals surface area contributed by atoms with E-state index < -0.39 is 5.60 Å². The van der Waals surface area contributed by atoms with Crippen LogP contribution in [-0.2, 0) is 9.53 Å². The zero-order valence-electron chi connectivity index (χ0n) is 15.3. The Bertz CT molecular complexity index is 986. The zero-order valence-corrected chi connectivity index (χ0v) is 16.9. The van der Waals surface area contributed by atoms with E-state index in [1.165, 1.54) is 6.33 Å². The van der Waals surface area contributed by atoms with Crippen molar-refractivity contribution in [1.82, 2.24) is 15.0 Å². The summed E-state index contributed by atoms with van der Waals surface area (Å²) in [6.45, 7) is 4.04. The van der Waals surface area contributed by atoms with Crippen LogP contribution in [0.15, 0.2) is 18.5 Å². The first kappa shape index (κ1) is 19.2. The molecule has 0 amide bonds. The number of halogens is 1. The summed E-state index contributed by atoms with van der Waals surface area (Å²) in [6.07, 6.45) is 1.94. The number of anilines is 1. The lowest BCUT2D eigenvalue weighted by Crippen LogP contribution is -2.30. The van der Waals surface area contributed by atoms with Crippen LogP contribution in [0.2, 0.25) is 0 Å². The highest BCUT2D eigenvalue weighted by Gasteiger charge is 2.23. The first-order valence-electron chi connectivity index (χ1n) is 8.35. The number of hydrogen-bond acceptors (Lipinski definition) is 7. The van der Waals surface area contributed by atoms with Gasteiger partial charge in [-0.3, -0.25) is 4.79 Å². The van der Waals surface area contributed by atoms with Gasteiger partial charge in [0.1, 0.15) is 28.7 Å². The summed E-state index contributed by atoms with van der Waals surface area (Å²) in [5.74, 6) is 1.24. The molecule has 0 saturated heterocycles. The molecule has 0 atom stereocenters. The van der Waals surface area contributed by atoms with Crippen LogP contribution in [0, 0.1) is 0 Å². The van der Waals surface area contributed by atoms with Gasteiger partial charge >= 0.3 is 5.97 Å². The largest absolute Gasteiger partial charge is 0.493 e. The highest BCUT2D eigenvalue weighted by atomic mass is 79.9. The molecule has 0 fully saturated rings. The van der Waals surface area contributed by atoms with Crippen molar-refractivity contribution in [1.29, 1.82) is 0 Å². The molecule has 144 valence electrons. The van der Waals surface area contributed by atoms with Gasteiger partial charge in [0.05, 0.1) is 24.6 Å². The van der Waals surface area contributed by atoms with Gasteiger partial charge in [0.2, 0.25) is 0 Å². The Morgan fingerprint density at radius 1 is 1.30 bits per heavy atom. The SMILES string of the molecule is COc1cc2c(cc1OCCC(C)(C)OC(=O)CBr)[nH]c1ncnc(N)c12. The number of esters is 1. The topological polar surface area (TPSA) is 112 Å². The summed E-state index contributed by atoms with van der Waals surface area (Å²) in [4.78, 5) is 22.9. The normalized spacial score (nSPS) is 11.7. The smallest absolute Gasteiger partial charge is 0.317 e. The van der Waals surface area contributed by atoms with Crippen molar-refractivity contribution in [2.75, 3.05) is 24.8 Å². The molecule has 2 aromatic heterocycles. The van der Waals surface area contributed by atoms with E-state index in [0.29, 0.717) is 36.0 Å². The number of nitrogens with zero attached hydrogens (tertiary/aromatic N) is 2. The third kappa shape index (κ3) is 4.08. The van der Waals surface area contributed by atoms with Gasteiger partial charge in [-0.2, -0.15) is 0 Å². The minimum atomic E-state index is -0.632. The number of fused-ring (bicyclic) bond motifs is 3. The minimum absolute atomic E-state index is 0.161. The van der Waals surface area contributed by atoms with Gasteiger partial charge in [-0.25, -0.2) is 9.97 Å². The number of H-pyrrole nitrogens is 1. The average Bonchev–Trinajstić information content (AvgIpc) is 2.98. The first-order chi connectivity index (χ1) is 12.8. The van der Waals surface area contributed by atoms with Crippen molar-refractivity contribution < 1.29 is 19.0 Å². The van der Waals surface area contributed by atoms with Crippen LogP contribution < -0.4 is 15.2 Å². The Kier molecular flexibility index (Phi) is 5.41. The maximum absolute atomic E-state index is 11.5. The van der Waals surface area contributed by atoms with E-state index in [0.717, 1.165) is 16.3 Å². The fourth-order valence-corrected chi connectivity index (χ4v) is 2.94. The molecule has 0 aliphatic carbocycles. The van der Waals surface area contributed by atoms with Gasteiger partial charge < -0.3 is 24.9 Å². The second kappa shape index (κ2) is 7.59. The highest BCUT2D eigenvalue weighted by Crippen LogP contribution is 2.37. The second-order valence-corrected chi connectivity index (χ2v) is 7.18. The zero-order chi connectivity index (χ0) is 19.6. The van der Waals surface area contributed by atoms with Crippen molar-refractivity contribution in [2.45, 2.75) is 25.9 Å². The Hall–Kier alpha value is -2.55. The van der Waals surface area contributed by atoms with Crippen molar-refractivity contribution >= 4 is 49.7 Å². The predicted octanol–water partition coefficient (Wildman–Crippen LogP) is 3.19. The van der Waals surface area contributed by atoms with Crippen LogP contribution >= 0.6 is 15.9 Å². The van der Waals surface area contributed by atoms with E-state index in [2.05, 4.69) is 30.9 Å². The molecule has 0 unspecified atom stereocenters. The lowest BCUT2D eigenvalue weighted by Gasteiger charge is -2.25. The lowest BCUT2D eigenvalue weighted by molar-refractivity contribution is -0.153. The summed E-state index contributed by atoms with van der Waals surface area (Å²) in [5.41, 5.74) is 6.83. The fourth-order valence-electron chi connectivity index (χ4n) is 2.82. The number of carbonyl (C=O) groups excluding carboxylic acids is 1. The Labute approximate surface area is 164 Å². The molecule has 27 heavy (non-hydrogen) atoms. The molecule has 3 aromatic rings. The van der Waals surface area contributed by atoms with Gasteiger partial charge in [0, 0.05) is 17.9 Å². The molecule has 3 N–H and O–H groups in total. The summed E-state index contributed by atoms with van der Waals surface area (Å²) in [5, 5.41) is 1.77. The van der Waals surface area contributed by atoms with E-state index in [1.54, 1.807) is 7.11 Å². The van der Waals surface area contributed by atoms with Crippen LogP contribution in [0.5, 0.6) is 11.5 Å². The number of alkyl halides is 1. The van der Waals surface area contributed by atoms with Gasteiger partial charge in [0.25, 0.3) is 0 Å². The van der Waals surface area contributed by atoms with Crippen LogP contribution in [0.25, 0.3) is 21.9 Å². The number of hydrogen-bond donors (Lipinski definition) is 2. The second-order valence-electron chi connectivity index (χ2n) is 6.62. The molecule has 0 saturated carbocycles. The van der Waals surface area contributed by atoms with Crippen LogP contribution in [0.1, 0.15) is 20.3 Å². The number of carbonyl (C=O) groups is 1. The monoisotopic (exact) mass is 436 g/mol. The van der Waals surface area contributed by atoms with Gasteiger partial charge in [-0.1, -0.05) is 15.9 Å². The molecule has 3 rings (SSSR count). The molecule has 1 aromatic carbocycles. The number of methoxy groups -OCH3 is 1. The number of aromatic amines is 1. The van der Waals surface area contributed by atoms with E-state index in [-0.39, 0.29) is 11.3 Å². The fraction of sp³-hybridized carbons (Fsp3) is 0.389. The molecule has 9 heteroatoms. The molecule has 0 radical (unpaired) electrons. The quantitative estimate of drug-likeness (QED) is 0.431.